The molecular weight excluding hydrogens is 462 g/mol. The maximum Gasteiger partial charge on any atom is 0.255 e. The predicted octanol–water partition coefficient (Wildman–Crippen LogP) is 4.45. The van der Waals surface area contributed by atoms with Gasteiger partial charge < -0.3 is 9.80 Å². The van der Waals surface area contributed by atoms with E-state index in [0.29, 0.717) is 41.2 Å². The van der Waals surface area contributed by atoms with Crippen LogP contribution in [0.4, 0.5) is 11.4 Å². The van der Waals surface area contributed by atoms with Crippen molar-refractivity contribution in [3.8, 4) is 0 Å². The Morgan fingerprint density at radius 2 is 1.57 bits per heavy atom. The van der Waals surface area contributed by atoms with Crippen LogP contribution in [0.3, 0.4) is 0 Å². The summed E-state index contributed by atoms with van der Waals surface area (Å²) in [6, 6.07) is 11.3. The molecule has 2 aliphatic carbocycles. The average Bonchev–Trinajstić information content (AvgIpc) is 3.55. The summed E-state index contributed by atoms with van der Waals surface area (Å²) < 4.78 is 0. The first-order valence-corrected chi connectivity index (χ1v) is 13.0. The Morgan fingerprint density at radius 1 is 0.914 bits per heavy atom. The summed E-state index contributed by atoms with van der Waals surface area (Å²) in [5, 5.41) is 0.343. The molecule has 4 atom stereocenters. The first-order valence-electron chi connectivity index (χ1n) is 12.6. The van der Waals surface area contributed by atoms with Crippen LogP contribution < -0.4 is 9.80 Å². The van der Waals surface area contributed by atoms with Crippen molar-refractivity contribution in [2.24, 2.45) is 23.7 Å². The summed E-state index contributed by atoms with van der Waals surface area (Å²) in [5.74, 6) is -0.0770. The molecule has 0 aromatic heterocycles. The second-order valence-corrected chi connectivity index (χ2v) is 11.0. The monoisotopic (exact) mass is 491 g/mol. The summed E-state index contributed by atoms with van der Waals surface area (Å²) in [6.07, 6.45) is 3.08. The molecule has 0 spiro atoms. The van der Waals surface area contributed by atoms with Crippen LogP contribution in [0.2, 0.25) is 5.02 Å². The van der Waals surface area contributed by atoms with Crippen molar-refractivity contribution in [1.29, 1.82) is 0 Å². The number of imide groups is 1. The van der Waals surface area contributed by atoms with Gasteiger partial charge in [-0.25, -0.2) is 0 Å². The van der Waals surface area contributed by atoms with E-state index in [1.807, 2.05) is 4.90 Å². The fourth-order valence-electron chi connectivity index (χ4n) is 6.88. The third-order valence-electron chi connectivity index (χ3n) is 8.85. The number of rotatable bonds is 3. The Bertz CT molecular complexity index is 1210. The van der Waals surface area contributed by atoms with E-state index in [4.69, 9.17) is 11.6 Å². The number of aryl methyl sites for hydroxylation is 1. The highest BCUT2D eigenvalue weighted by atomic mass is 35.5. The molecule has 0 radical (unpaired) electrons. The maximum absolute atomic E-state index is 13.5. The molecule has 2 heterocycles. The van der Waals surface area contributed by atoms with E-state index in [9.17, 15) is 14.4 Å². The minimum Gasteiger partial charge on any atom is -0.368 e. The average molecular weight is 492 g/mol. The molecule has 4 fully saturated rings. The number of amides is 3. The number of fused-ring (bicyclic) bond motifs is 5. The summed E-state index contributed by atoms with van der Waals surface area (Å²) in [4.78, 5) is 45.4. The van der Waals surface area contributed by atoms with Gasteiger partial charge in [0.05, 0.1) is 28.1 Å². The van der Waals surface area contributed by atoms with Gasteiger partial charge in [0.1, 0.15) is 0 Å². The van der Waals surface area contributed by atoms with Crippen molar-refractivity contribution in [2.45, 2.75) is 33.1 Å². The van der Waals surface area contributed by atoms with Gasteiger partial charge in [0, 0.05) is 31.9 Å². The van der Waals surface area contributed by atoms with Crippen LogP contribution >= 0.6 is 11.6 Å². The molecule has 2 bridgehead atoms. The molecule has 0 unspecified atom stereocenters. The zero-order chi connectivity index (χ0) is 24.4. The van der Waals surface area contributed by atoms with Gasteiger partial charge >= 0.3 is 0 Å². The fourth-order valence-corrected chi connectivity index (χ4v) is 7.08. The van der Waals surface area contributed by atoms with E-state index >= 15 is 0 Å². The van der Waals surface area contributed by atoms with Gasteiger partial charge in [0.15, 0.2) is 0 Å². The van der Waals surface area contributed by atoms with E-state index in [0.717, 1.165) is 32.4 Å². The number of halogens is 1. The lowest BCUT2D eigenvalue weighted by molar-refractivity contribution is -0.123. The van der Waals surface area contributed by atoms with Crippen LogP contribution in [0, 0.1) is 37.5 Å². The molecule has 6 rings (SSSR count). The molecule has 2 saturated carbocycles. The quantitative estimate of drug-likeness (QED) is 0.595. The molecule has 3 amide bonds. The van der Waals surface area contributed by atoms with Crippen LogP contribution in [-0.4, -0.2) is 48.8 Å². The zero-order valence-corrected chi connectivity index (χ0v) is 20.9. The third-order valence-corrected chi connectivity index (χ3v) is 9.18. The van der Waals surface area contributed by atoms with Crippen LogP contribution in [0.15, 0.2) is 36.4 Å². The maximum atomic E-state index is 13.5. The lowest BCUT2D eigenvalue weighted by atomic mass is 9.81. The molecular formula is C28H30ClN3O3. The Balaban J connectivity index is 1.20. The van der Waals surface area contributed by atoms with Crippen LogP contribution in [0.5, 0.6) is 0 Å². The summed E-state index contributed by atoms with van der Waals surface area (Å²) in [6.45, 7) is 6.89. The first kappa shape index (κ1) is 22.6. The molecule has 6 nitrogen and oxygen atoms in total. The third kappa shape index (κ3) is 3.48. The Labute approximate surface area is 210 Å². The predicted molar refractivity (Wildman–Crippen MR) is 136 cm³/mol. The molecule has 2 saturated heterocycles. The summed E-state index contributed by atoms with van der Waals surface area (Å²) in [5.41, 5.74) is 4.55. The van der Waals surface area contributed by atoms with Crippen LogP contribution in [0.25, 0.3) is 0 Å². The molecule has 2 aromatic rings. The zero-order valence-electron chi connectivity index (χ0n) is 20.2. The Morgan fingerprint density at radius 3 is 2.23 bits per heavy atom. The van der Waals surface area contributed by atoms with Gasteiger partial charge in [-0.3, -0.25) is 19.3 Å². The lowest BCUT2D eigenvalue weighted by Gasteiger charge is -2.37. The lowest BCUT2D eigenvalue weighted by Crippen LogP contribution is -2.49. The van der Waals surface area contributed by atoms with E-state index < -0.39 is 0 Å². The van der Waals surface area contributed by atoms with Crippen LogP contribution in [0.1, 0.15) is 40.7 Å². The highest BCUT2D eigenvalue weighted by Crippen LogP contribution is 2.56. The number of benzene rings is 2. The SMILES string of the molecule is Cc1cccc(N2CCN(C(=O)c3cc(N4C(=O)[C@@H]5[C@H]6CC[C@@H](C6)[C@@H]5C4=O)ccc3Cl)CC2)c1C. The second kappa shape index (κ2) is 8.37. The molecule has 2 aliphatic heterocycles. The van der Waals surface area contributed by atoms with Gasteiger partial charge in [-0.15, -0.1) is 0 Å². The molecule has 2 aromatic carbocycles. The van der Waals surface area contributed by atoms with Crippen molar-refractivity contribution < 1.29 is 14.4 Å². The van der Waals surface area contributed by atoms with Gasteiger partial charge in [-0.1, -0.05) is 23.7 Å². The highest BCUT2D eigenvalue weighted by Gasteiger charge is 2.61. The first-order chi connectivity index (χ1) is 16.8. The number of piperazine rings is 1. The summed E-state index contributed by atoms with van der Waals surface area (Å²) >= 11 is 6.46. The van der Waals surface area contributed by atoms with Crippen LogP contribution in [-0.2, 0) is 9.59 Å². The van der Waals surface area contributed by atoms with Crippen molar-refractivity contribution >= 4 is 40.7 Å². The largest absolute Gasteiger partial charge is 0.368 e. The minimum atomic E-state index is -0.186. The Hall–Kier alpha value is -2.86. The fraction of sp³-hybridized carbons (Fsp3) is 0.464. The number of hydrogen-bond acceptors (Lipinski definition) is 4. The van der Waals surface area contributed by atoms with E-state index in [1.54, 1.807) is 18.2 Å². The topological polar surface area (TPSA) is 60.9 Å². The molecule has 7 heteroatoms. The van der Waals surface area contributed by atoms with Gasteiger partial charge in [0.25, 0.3) is 5.91 Å². The minimum absolute atomic E-state index is 0.102. The van der Waals surface area contributed by atoms with Crippen molar-refractivity contribution in [2.75, 3.05) is 36.0 Å². The molecule has 4 aliphatic rings. The number of nitrogens with zero attached hydrogens (tertiary/aromatic N) is 3. The van der Waals surface area contributed by atoms with Crippen molar-refractivity contribution in [3.63, 3.8) is 0 Å². The highest BCUT2D eigenvalue weighted by molar-refractivity contribution is 6.34. The number of anilines is 2. The second-order valence-electron chi connectivity index (χ2n) is 10.6. The normalized spacial score (nSPS) is 27.7. The number of hydrogen-bond donors (Lipinski definition) is 0. The van der Waals surface area contributed by atoms with Gasteiger partial charge in [0.2, 0.25) is 11.8 Å². The van der Waals surface area contributed by atoms with E-state index in [-0.39, 0.29) is 29.6 Å². The van der Waals surface area contributed by atoms with E-state index in [2.05, 4.69) is 36.9 Å². The van der Waals surface area contributed by atoms with Gasteiger partial charge in [-0.2, -0.15) is 0 Å². The molecule has 0 N–H and O–H groups in total. The standard InChI is InChI=1S/C28H30ClN3O3/c1-16-4-3-5-23(17(16)2)30-10-12-31(13-11-30)26(33)21-15-20(8-9-22(21)29)32-27(34)24-18-6-7-19(14-18)25(24)28(32)35/h3-5,8-9,15,18-19,24-25H,6-7,10-14H2,1-2H3/t18-,19-,24-,25+/m0/s1. The number of carbonyl (C=O) groups excluding carboxylic acids is 3. The Kier molecular flexibility index (Phi) is 5.40. The van der Waals surface area contributed by atoms with E-state index in [1.165, 1.54) is 21.7 Å². The molecule has 182 valence electrons. The smallest absolute Gasteiger partial charge is 0.255 e. The van der Waals surface area contributed by atoms with Crippen molar-refractivity contribution in [3.05, 3.63) is 58.1 Å². The molecule has 35 heavy (non-hydrogen) atoms. The number of carbonyl (C=O) groups is 3. The summed E-state index contributed by atoms with van der Waals surface area (Å²) in [7, 11) is 0. The van der Waals surface area contributed by atoms with Gasteiger partial charge in [-0.05, 0) is 80.3 Å². The van der Waals surface area contributed by atoms with Crippen molar-refractivity contribution in [1.82, 2.24) is 4.90 Å².